The lowest BCUT2D eigenvalue weighted by atomic mass is 10.1. The summed E-state index contributed by atoms with van der Waals surface area (Å²) in [5.41, 5.74) is 0.435. The summed E-state index contributed by atoms with van der Waals surface area (Å²) in [6.45, 7) is 1.75. The first-order valence-corrected chi connectivity index (χ1v) is 5.65. The van der Waals surface area contributed by atoms with Gasteiger partial charge in [-0.25, -0.2) is 4.39 Å². The normalized spacial score (nSPS) is 10.1. The van der Waals surface area contributed by atoms with E-state index >= 15 is 0 Å². The van der Waals surface area contributed by atoms with Crippen LogP contribution in [0.3, 0.4) is 0 Å². The topological polar surface area (TPSA) is 85.1 Å². The van der Waals surface area contributed by atoms with Crippen LogP contribution in [0.5, 0.6) is 0 Å². The first-order chi connectivity index (χ1) is 9.49. The van der Waals surface area contributed by atoms with E-state index in [1.807, 2.05) is 0 Å². The maximum absolute atomic E-state index is 13.6. The SMILES string of the molecule is Cc1ccncc1NC(=O)c1cc([N+](=O)[O-])ccc1F. The molecule has 2 aromatic rings. The summed E-state index contributed by atoms with van der Waals surface area (Å²) in [5, 5.41) is 13.1. The molecule has 1 aromatic carbocycles. The molecule has 0 spiro atoms. The monoisotopic (exact) mass is 275 g/mol. The number of hydrogen-bond donors (Lipinski definition) is 1. The molecule has 0 fully saturated rings. The van der Waals surface area contributed by atoms with E-state index in [2.05, 4.69) is 10.3 Å². The van der Waals surface area contributed by atoms with Gasteiger partial charge in [-0.15, -0.1) is 0 Å². The van der Waals surface area contributed by atoms with Crippen molar-refractivity contribution in [1.29, 1.82) is 0 Å². The van der Waals surface area contributed by atoms with E-state index in [9.17, 15) is 19.3 Å². The van der Waals surface area contributed by atoms with E-state index in [0.29, 0.717) is 5.69 Å². The van der Waals surface area contributed by atoms with E-state index in [1.54, 1.807) is 19.2 Å². The molecule has 0 radical (unpaired) electrons. The van der Waals surface area contributed by atoms with Gasteiger partial charge in [-0.2, -0.15) is 0 Å². The minimum atomic E-state index is -0.824. The molecular formula is C13H10FN3O3. The Balaban J connectivity index is 2.32. The van der Waals surface area contributed by atoms with Gasteiger partial charge in [0, 0.05) is 18.3 Å². The van der Waals surface area contributed by atoms with E-state index in [4.69, 9.17) is 0 Å². The number of anilines is 1. The predicted octanol–water partition coefficient (Wildman–Crippen LogP) is 2.69. The number of hydrogen-bond acceptors (Lipinski definition) is 4. The molecule has 0 saturated carbocycles. The van der Waals surface area contributed by atoms with Gasteiger partial charge in [0.05, 0.1) is 22.4 Å². The molecule has 0 aliphatic carbocycles. The summed E-state index contributed by atoms with van der Waals surface area (Å²) in [6.07, 6.45) is 2.97. The number of halogens is 1. The minimum absolute atomic E-state index is 0.348. The molecule has 0 atom stereocenters. The molecule has 20 heavy (non-hydrogen) atoms. The number of carbonyl (C=O) groups is 1. The highest BCUT2D eigenvalue weighted by Gasteiger charge is 2.17. The fourth-order valence-electron chi connectivity index (χ4n) is 1.59. The number of nitrogens with zero attached hydrogens (tertiary/aromatic N) is 2. The first kappa shape index (κ1) is 13.6. The Morgan fingerprint density at radius 2 is 2.15 bits per heavy atom. The number of non-ortho nitro benzene ring substituents is 1. The molecule has 1 N–H and O–H groups in total. The molecule has 0 unspecified atom stereocenters. The smallest absolute Gasteiger partial charge is 0.270 e. The van der Waals surface area contributed by atoms with Crippen LogP contribution < -0.4 is 5.32 Å². The van der Waals surface area contributed by atoms with Gasteiger partial charge in [-0.1, -0.05) is 0 Å². The molecular weight excluding hydrogens is 265 g/mol. The third kappa shape index (κ3) is 2.77. The number of carbonyl (C=O) groups excluding carboxylic acids is 1. The number of amides is 1. The molecule has 2 rings (SSSR count). The Morgan fingerprint density at radius 3 is 2.80 bits per heavy atom. The van der Waals surface area contributed by atoms with Gasteiger partial charge in [0.1, 0.15) is 5.82 Å². The number of nitrogens with one attached hydrogen (secondary N) is 1. The number of aryl methyl sites for hydroxylation is 1. The third-order valence-electron chi connectivity index (χ3n) is 2.69. The lowest BCUT2D eigenvalue weighted by Crippen LogP contribution is -2.15. The maximum atomic E-state index is 13.6. The number of nitro groups is 1. The van der Waals surface area contributed by atoms with Crippen LogP contribution in [0.1, 0.15) is 15.9 Å². The Labute approximate surface area is 113 Å². The molecule has 6 nitrogen and oxygen atoms in total. The van der Waals surface area contributed by atoms with Gasteiger partial charge in [0.2, 0.25) is 0 Å². The predicted molar refractivity (Wildman–Crippen MR) is 70.0 cm³/mol. The highest BCUT2D eigenvalue weighted by molar-refractivity contribution is 6.05. The van der Waals surface area contributed by atoms with E-state index < -0.39 is 16.6 Å². The molecule has 7 heteroatoms. The fourth-order valence-corrected chi connectivity index (χ4v) is 1.59. The van der Waals surface area contributed by atoms with Crippen molar-refractivity contribution in [2.24, 2.45) is 0 Å². The van der Waals surface area contributed by atoms with Crippen molar-refractivity contribution in [3.8, 4) is 0 Å². The largest absolute Gasteiger partial charge is 0.320 e. The third-order valence-corrected chi connectivity index (χ3v) is 2.69. The fraction of sp³-hybridized carbons (Fsp3) is 0.0769. The molecule has 0 saturated heterocycles. The summed E-state index contributed by atoms with van der Waals surface area (Å²) in [5.74, 6) is -1.59. The Hall–Kier alpha value is -2.83. The van der Waals surface area contributed by atoms with Crippen molar-refractivity contribution < 1.29 is 14.1 Å². The summed E-state index contributed by atoms with van der Waals surface area (Å²) in [7, 11) is 0. The van der Waals surface area contributed by atoms with Crippen molar-refractivity contribution in [2.45, 2.75) is 6.92 Å². The zero-order chi connectivity index (χ0) is 14.7. The van der Waals surface area contributed by atoms with Crippen LogP contribution in [-0.2, 0) is 0 Å². The number of benzene rings is 1. The van der Waals surface area contributed by atoms with Crippen molar-refractivity contribution >= 4 is 17.3 Å². The maximum Gasteiger partial charge on any atom is 0.270 e. The van der Waals surface area contributed by atoms with Gasteiger partial charge in [0.15, 0.2) is 0 Å². The number of rotatable bonds is 3. The van der Waals surface area contributed by atoms with Gasteiger partial charge >= 0.3 is 0 Å². The minimum Gasteiger partial charge on any atom is -0.320 e. The second-order valence-corrected chi connectivity index (χ2v) is 4.07. The second-order valence-electron chi connectivity index (χ2n) is 4.07. The lowest BCUT2D eigenvalue weighted by Gasteiger charge is -2.08. The van der Waals surface area contributed by atoms with Crippen molar-refractivity contribution in [2.75, 3.05) is 5.32 Å². The van der Waals surface area contributed by atoms with Crippen LogP contribution in [0.15, 0.2) is 36.7 Å². The zero-order valence-electron chi connectivity index (χ0n) is 10.5. The highest BCUT2D eigenvalue weighted by Crippen LogP contribution is 2.19. The average molecular weight is 275 g/mol. The summed E-state index contributed by atoms with van der Waals surface area (Å²) >= 11 is 0. The van der Waals surface area contributed by atoms with Gasteiger partial charge in [-0.05, 0) is 24.6 Å². The highest BCUT2D eigenvalue weighted by atomic mass is 19.1. The standard InChI is InChI=1S/C13H10FN3O3/c1-8-4-5-15-7-12(8)16-13(18)10-6-9(17(19)20)2-3-11(10)14/h2-7H,1H3,(H,16,18). The van der Waals surface area contributed by atoms with Crippen LogP contribution in [0.25, 0.3) is 0 Å². The van der Waals surface area contributed by atoms with Crippen LogP contribution >= 0.6 is 0 Å². The van der Waals surface area contributed by atoms with Crippen molar-refractivity contribution in [3.05, 3.63) is 63.7 Å². The number of aromatic nitrogens is 1. The molecule has 1 aromatic heterocycles. The summed E-state index contributed by atoms with van der Waals surface area (Å²) in [4.78, 5) is 25.8. The molecule has 1 amide bonds. The molecule has 1 heterocycles. The molecule has 0 aliphatic rings. The second kappa shape index (κ2) is 5.43. The van der Waals surface area contributed by atoms with Crippen LogP contribution in [0, 0.1) is 22.9 Å². The molecule has 0 bridgehead atoms. The molecule has 102 valence electrons. The van der Waals surface area contributed by atoms with Gasteiger partial charge in [-0.3, -0.25) is 19.9 Å². The number of nitro benzene ring substituents is 1. The lowest BCUT2D eigenvalue weighted by molar-refractivity contribution is -0.384. The molecule has 0 aliphatic heterocycles. The summed E-state index contributed by atoms with van der Waals surface area (Å²) in [6, 6.07) is 4.47. The Kier molecular flexibility index (Phi) is 3.69. The zero-order valence-corrected chi connectivity index (χ0v) is 10.5. The Bertz CT molecular complexity index is 688. The first-order valence-electron chi connectivity index (χ1n) is 5.65. The van der Waals surface area contributed by atoms with E-state index in [1.165, 1.54) is 6.20 Å². The number of pyridine rings is 1. The average Bonchev–Trinajstić information content (AvgIpc) is 2.41. The van der Waals surface area contributed by atoms with Crippen molar-refractivity contribution in [3.63, 3.8) is 0 Å². The summed E-state index contributed by atoms with van der Waals surface area (Å²) < 4.78 is 13.6. The van der Waals surface area contributed by atoms with Crippen molar-refractivity contribution in [1.82, 2.24) is 4.98 Å². The van der Waals surface area contributed by atoms with E-state index in [0.717, 1.165) is 23.8 Å². The quantitative estimate of drug-likeness (QED) is 0.689. The van der Waals surface area contributed by atoms with Crippen LogP contribution in [0.4, 0.5) is 15.8 Å². The Morgan fingerprint density at radius 1 is 1.40 bits per heavy atom. The van der Waals surface area contributed by atoms with Gasteiger partial charge < -0.3 is 5.32 Å². The van der Waals surface area contributed by atoms with Crippen LogP contribution in [0.2, 0.25) is 0 Å². The van der Waals surface area contributed by atoms with E-state index in [-0.39, 0.29) is 11.3 Å². The van der Waals surface area contributed by atoms with Gasteiger partial charge in [0.25, 0.3) is 11.6 Å². The van der Waals surface area contributed by atoms with Crippen LogP contribution in [-0.4, -0.2) is 15.8 Å².